The van der Waals surface area contributed by atoms with E-state index in [2.05, 4.69) is 11.9 Å². The smallest absolute Gasteiger partial charge is 0.356 e. The van der Waals surface area contributed by atoms with Gasteiger partial charge in [0.25, 0.3) is 0 Å². The van der Waals surface area contributed by atoms with Gasteiger partial charge in [0, 0.05) is 0 Å². The second kappa shape index (κ2) is 5.27. The molecule has 0 aliphatic rings. The number of fused-ring (bicyclic) bond motifs is 1. The molecule has 0 radical (unpaired) electrons. The third-order valence-electron chi connectivity index (χ3n) is 2.54. The van der Waals surface area contributed by atoms with Crippen molar-refractivity contribution in [2.24, 2.45) is 0 Å². The molecule has 90 valence electrons. The van der Waals surface area contributed by atoms with Crippen LogP contribution in [0.25, 0.3) is 10.1 Å². The van der Waals surface area contributed by atoms with Crippen molar-refractivity contribution in [1.29, 1.82) is 0 Å². The van der Waals surface area contributed by atoms with Crippen molar-refractivity contribution in [2.45, 2.75) is 26.7 Å². The number of thiophene rings is 1. The Morgan fingerprint density at radius 3 is 3.12 bits per heavy atom. The zero-order valence-corrected chi connectivity index (χ0v) is 10.8. The van der Waals surface area contributed by atoms with Crippen LogP contribution in [-0.2, 0) is 4.74 Å². The summed E-state index contributed by atoms with van der Waals surface area (Å²) in [7, 11) is 0. The van der Waals surface area contributed by atoms with Crippen molar-refractivity contribution in [3.8, 4) is 0 Å². The van der Waals surface area contributed by atoms with Crippen molar-refractivity contribution in [3.05, 3.63) is 28.9 Å². The molecule has 0 spiro atoms. The summed E-state index contributed by atoms with van der Waals surface area (Å²) in [5.41, 5.74) is 1.30. The highest BCUT2D eigenvalue weighted by Crippen LogP contribution is 2.24. The molecule has 0 bridgehead atoms. The molecule has 0 fully saturated rings. The van der Waals surface area contributed by atoms with Gasteiger partial charge >= 0.3 is 5.97 Å². The van der Waals surface area contributed by atoms with E-state index in [0.29, 0.717) is 12.3 Å². The molecule has 0 atom stereocenters. The van der Waals surface area contributed by atoms with E-state index in [0.717, 1.165) is 28.6 Å². The fourth-order valence-corrected chi connectivity index (χ4v) is 2.46. The number of rotatable bonds is 4. The molecule has 0 saturated carbocycles. The van der Waals surface area contributed by atoms with Crippen molar-refractivity contribution in [1.82, 2.24) is 4.98 Å². The molecule has 2 aromatic rings. The van der Waals surface area contributed by atoms with Gasteiger partial charge < -0.3 is 4.74 Å². The van der Waals surface area contributed by atoms with Crippen LogP contribution < -0.4 is 0 Å². The van der Waals surface area contributed by atoms with Gasteiger partial charge in [-0.2, -0.15) is 0 Å². The van der Waals surface area contributed by atoms with Gasteiger partial charge in [0.2, 0.25) is 0 Å². The summed E-state index contributed by atoms with van der Waals surface area (Å²) >= 11 is 1.64. The van der Waals surface area contributed by atoms with E-state index in [1.807, 2.05) is 18.4 Å². The number of aryl methyl sites for hydroxylation is 1. The monoisotopic (exact) mass is 249 g/mol. The number of carbonyl (C=O) groups is 1. The average molecular weight is 249 g/mol. The van der Waals surface area contributed by atoms with Crippen LogP contribution >= 0.6 is 11.3 Å². The second-order valence-electron chi connectivity index (χ2n) is 3.92. The number of carbonyl (C=O) groups excluding carboxylic acids is 1. The minimum Gasteiger partial charge on any atom is -0.461 e. The first kappa shape index (κ1) is 12.0. The molecule has 0 aromatic carbocycles. The predicted molar refractivity (Wildman–Crippen MR) is 69.5 cm³/mol. The Morgan fingerprint density at radius 1 is 1.53 bits per heavy atom. The standard InChI is InChI=1S/C13H15NO2S/c1-3-4-6-16-13(15)11-8-10-5-7-17-12(10)9(2)14-11/h5,7-8H,3-4,6H2,1-2H3. The van der Waals surface area contributed by atoms with Gasteiger partial charge in [-0.3, -0.25) is 0 Å². The number of pyridine rings is 1. The Morgan fingerprint density at radius 2 is 2.35 bits per heavy atom. The first-order valence-electron chi connectivity index (χ1n) is 5.74. The van der Waals surface area contributed by atoms with E-state index >= 15 is 0 Å². The third kappa shape index (κ3) is 2.64. The quantitative estimate of drug-likeness (QED) is 0.614. The van der Waals surface area contributed by atoms with E-state index in [4.69, 9.17) is 4.74 Å². The number of esters is 1. The van der Waals surface area contributed by atoms with E-state index in [1.54, 1.807) is 17.4 Å². The fraction of sp³-hybridized carbons (Fsp3) is 0.385. The number of hydrogen-bond acceptors (Lipinski definition) is 4. The Hall–Kier alpha value is -1.42. The summed E-state index contributed by atoms with van der Waals surface area (Å²) in [6, 6.07) is 3.80. The molecule has 2 heterocycles. The van der Waals surface area contributed by atoms with Crippen LogP contribution in [0.1, 0.15) is 35.9 Å². The second-order valence-corrected chi connectivity index (χ2v) is 4.84. The van der Waals surface area contributed by atoms with E-state index in [9.17, 15) is 4.79 Å². The summed E-state index contributed by atoms with van der Waals surface area (Å²) < 4.78 is 6.29. The first-order valence-corrected chi connectivity index (χ1v) is 6.62. The lowest BCUT2D eigenvalue weighted by Gasteiger charge is -2.04. The normalized spacial score (nSPS) is 10.7. The molecule has 4 heteroatoms. The van der Waals surface area contributed by atoms with Gasteiger partial charge in [-0.15, -0.1) is 11.3 Å². The minimum atomic E-state index is -0.324. The van der Waals surface area contributed by atoms with Crippen molar-refractivity contribution >= 4 is 27.4 Å². The molecule has 3 nitrogen and oxygen atoms in total. The van der Waals surface area contributed by atoms with Gasteiger partial charge in [-0.1, -0.05) is 13.3 Å². The highest BCUT2D eigenvalue weighted by atomic mass is 32.1. The van der Waals surface area contributed by atoms with Gasteiger partial charge in [-0.25, -0.2) is 9.78 Å². The van der Waals surface area contributed by atoms with Gasteiger partial charge in [-0.05, 0) is 36.2 Å². The lowest BCUT2D eigenvalue weighted by atomic mass is 10.2. The molecule has 17 heavy (non-hydrogen) atoms. The Balaban J connectivity index is 2.20. The fourth-order valence-electron chi connectivity index (χ4n) is 1.63. The maximum Gasteiger partial charge on any atom is 0.356 e. The average Bonchev–Trinajstić information content (AvgIpc) is 2.77. The summed E-state index contributed by atoms with van der Waals surface area (Å²) in [5.74, 6) is -0.324. The Labute approximate surface area is 104 Å². The summed E-state index contributed by atoms with van der Waals surface area (Å²) in [4.78, 5) is 16.0. The van der Waals surface area contributed by atoms with Gasteiger partial charge in [0.05, 0.1) is 17.0 Å². The van der Waals surface area contributed by atoms with Crippen LogP contribution in [0, 0.1) is 6.92 Å². The van der Waals surface area contributed by atoms with E-state index in [-0.39, 0.29) is 5.97 Å². The zero-order valence-electron chi connectivity index (χ0n) is 10.0. The van der Waals surface area contributed by atoms with Crippen LogP contribution in [0.15, 0.2) is 17.5 Å². The molecule has 0 amide bonds. The number of ether oxygens (including phenoxy) is 1. The summed E-state index contributed by atoms with van der Waals surface area (Å²) in [6.07, 6.45) is 1.91. The number of nitrogens with zero attached hydrogens (tertiary/aromatic N) is 1. The summed E-state index contributed by atoms with van der Waals surface area (Å²) in [5, 5.41) is 3.07. The minimum absolute atomic E-state index is 0.324. The lowest BCUT2D eigenvalue weighted by Crippen LogP contribution is -2.09. The van der Waals surface area contributed by atoms with Crippen LogP contribution in [-0.4, -0.2) is 17.6 Å². The molecular formula is C13H15NO2S. The number of hydrogen-bond donors (Lipinski definition) is 0. The predicted octanol–water partition coefficient (Wildman–Crippen LogP) is 3.56. The van der Waals surface area contributed by atoms with Crippen molar-refractivity contribution in [3.63, 3.8) is 0 Å². The molecule has 2 rings (SSSR count). The highest BCUT2D eigenvalue weighted by molar-refractivity contribution is 7.17. The summed E-state index contributed by atoms with van der Waals surface area (Å²) in [6.45, 7) is 4.45. The van der Waals surface area contributed by atoms with E-state index in [1.165, 1.54) is 0 Å². The molecule has 0 saturated heterocycles. The van der Waals surface area contributed by atoms with Crippen molar-refractivity contribution < 1.29 is 9.53 Å². The lowest BCUT2D eigenvalue weighted by molar-refractivity contribution is 0.0493. The van der Waals surface area contributed by atoms with Crippen LogP contribution in [0.3, 0.4) is 0 Å². The first-order chi connectivity index (χ1) is 8.22. The zero-order chi connectivity index (χ0) is 12.3. The van der Waals surface area contributed by atoms with Gasteiger partial charge in [0.1, 0.15) is 5.69 Å². The van der Waals surface area contributed by atoms with Crippen LogP contribution in [0.5, 0.6) is 0 Å². The third-order valence-corrected chi connectivity index (χ3v) is 3.58. The molecule has 2 aromatic heterocycles. The number of aromatic nitrogens is 1. The highest BCUT2D eigenvalue weighted by Gasteiger charge is 2.11. The largest absolute Gasteiger partial charge is 0.461 e. The molecule has 0 N–H and O–H groups in total. The van der Waals surface area contributed by atoms with Crippen LogP contribution in [0.2, 0.25) is 0 Å². The number of unbranched alkanes of at least 4 members (excludes halogenated alkanes) is 1. The molecular weight excluding hydrogens is 234 g/mol. The Kier molecular flexibility index (Phi) is 3.74. The van der Waals surface area contributed by atoms with Crippen LogP contribution in [0.4, 0.5) is 0 Å². The van der Waals surface area contributed by atoms with Crippen molar-refractivity contribution in [2.75, 3.05) is 6.61 Å². The SMILES string of the molecule is CCCCOC(=O)c1cc2ccsc2c(C)n1. The molecule has 0 aliphatic heterocycles. The molecule has 0 unspecified atom stereocenters. The Bertz CT molecular complexity index is 533. The van der Waals surface area contributed by atoms with Gasteiger partial charge in [0.15, 0.2) is 0 Å². The van der Waals surface area contributed by atoms with E-state index < -0.39 is 0 Å². The topological polar surface area (TPSA) is 39.2 Å². The molecule has 0 aliphatic carbocycles. The maximum absolute atomic E-state index is 11.8. The maximum atomic E-state index is 11.8.